The average molecular weight is 623 g/mol. The van der Waals surface area contributed by atoms with E-state index < -0.39 is 15.7 Å². The molecule has 0 saturated heterocycles. The van der Waals surface area contributed by atoms with E-state index >= 15 is 0 Å². The van der Waals surface area contributed by atoms with Crippen molar-refractivity contribution in [2.75, 3.05) is 5.32 Å². The Morgan fingerprint density at radius 3 is 1.97 bits per heavy atom. The number of hydrogen-bond acceptors (Lipinski definition) is 4. The molecule has 34 heavy (non-hydrogen) atoms. The van der Waals surface area contributed by atoms with Crippen molar-refractivity contribution in [1.82, 2.24) is 10.3 Å². The number of anilines is 1. The zero-order valence-electron chi connectivity index (χ0n) is 16.2. The number of amides is 3. The Kier molecular flexibility index (Phi) is 8.93. The third kappa shape index (κ3) is 6.65. The molecule has 1 heterocycles. The fourth-order valence-corrected chi connectivity index (χ4v) is 4.17. The van der Waals surface area contributed by atoms with Gasteiger partial charge in [-0.15, -0.1) is 0 Å². The van der Waals surface area contributed by atoms with Crippen LogP contribution >= 0.6 is 92.8 Å². The van der Waals surface area contributed by atoms with E-state index in [9.17, 15) is 9.59 Å². The second kappa shape index (κ2) is 11.1. The zero-order valence-corrected chi connectivity index (χ0v) is 22.3. The standard InChI is InChI=1S/C20H9Cl8N3O3/c21-10-2-1-3-11(22)15(10)17(32)31-19(33)30-9-5-12(23)16(13(24)6-9)34-18-14(25)4-8(7-29-18)20(26,27)28/h1-7H,(H2,30,31,32,33). The maximum atomic E-state index is 12.3. The number of nitrogens with one attached hydrogen (secondary N) is 2. The van der Waals surface area contributed by atoms with Crippen molar-refractivity contribution < 1.29 is 14.3 Å². The van der Waals surface area contributed by atoms with E-state index in [0.717, 1.165) is 0 Å². The summed E-state index contributed by atoms with van der Waals surface area (Å²) in [6.07, 6.45) is 1.26. The predicted octanol–water partition coefficient (Wildman–Crippen LogP) is 8.93. The maximum absolute atomic E-state index is 12.3. The average Bonchev–Trinajstić information content (AvgIpc) is 2.70. The highest BCUT2D eigenvalue weighted by Crippen LogP contribution is 2.43. The van der Waals surface area contributed by atoms with E-state index in [1.807, 2.05) is 0 Å². The molecule has 0 atom stereocenters. The number of rotatable bonds is 4. The van der Waals surface area contributed by atoms with Crippen LogP contribution in [0.25, 0.3) is 0 Å². The summed E-state index contributed by atoms with van der Waals surface area (Å²) in [4.78, 5) is 28.6. The van der Waals surface area contributed by atoms with Crippen LogP contribution in [0.15, 0.2) is 42.6 Å². The first kappa shape index (κ1) is 27.2. The van der Waals surface area contributed by atoms with E-state index in [2.05, 4.69) is 15.6 Å². The number of aromatic nitrogens is 1. The van der Waals surface area contributed by atoms with Crippen molar-refractivity contribution in [2.45, 2.75) is 3.79 Å². The van der Waals surface area contributed by atoms with Gasteiger partial charge in [-0.05, 0) is 30.3 Å². The van der Waals surface area contributed by atoms with Crippen molar-refractivity contribution in [1.29, 1.82) is 0 Å². The molecule has 0 bridgehead atoms. The Labute approximate surface area is 233 Å². The highest BCUT2D eigenvalue weighted by molar-refractivity contribution is 6.66. The van der Waals surface area contributed by atoms with Crippen LogP contribution in [-0.4, -0.2) is 16.9 Å². The Morgan fingerprint density at radius 1 is 0.853 bits per heavy atom. The van der Waals surface area contributed by atoms with Crippen LogP contribution in [0.1, 0.15) is 15.9 Å². The Balaban J connectivity index is 1.74. The minimum atomic E-state index is -1.73. The highest BCUT2D eigenvalue weighted by atomic mass is 35.6. The minimum absolute atomic E-state index is 0.00394. The number of hydrogen-bond donors (Lipinski definition) is 2. The van der Waals surface area contributed by atoms with Gasteiger partial charge in [0, 0.05) is 17.4 Å². The minimum Gasteiger partial charge on any atom is -0.434 e. The topological polar surface area (TPSA) is 80.3 Å². The number of imide groups is 1. The van der Waals surface area contributed by atoms with Crippen LogP contribution in [0, 0.1) is 0 Å². The van der Waals surface area contributed by atoms with Crippen molar-refractivity contribution in [3.05, 3.63) is 78.8 Å². The van der Waals surface area contributed by atoms with Crippen molar-refractivity contribution in [3.8, 4) is 11.6 Å². The SMILES string of the molecule is O=C(NC(=O)c1c(Cl)cccc1Cl)Nc1cc(Cl)c(Oc2ncc(C(Cl)(Cl)Cl)cc2Cl)c(Cl)c1. The second-order valence-electron chi connectivity index (χ2n) is 6.38. The molecule has 3 amide bonds. The van der Waals surface area contributed by atoms with Gasteiger partial charge in [0.2, 0.25) is 9.67 Å². The molecule has 0 aliphatic carbocycles. The summed E-state index contributed by atoms with van der Waals surface area (Å²) in [5.41, 5.74) is 0.333. The molecule has 0 aliphatic heterocycles. The number of carbonyl (C=O) groups excluding carboxylic acids is 2. The van der Waals surface area contributed by atoms with E-state index in [0.29, 0.717) is 0 Å². The molecule has 6 nitrogen and oxygen atoms in total. The van der Waals surface area contributed by atoms with Crippen LogP contribution < -0.4 is 15.4 Å². The molecule has 178 valence electrons. The van der Waals surface area contributed by atoms with Gasteiger partial charge in [-0.2, -0.15) is 0 Å². The van der Waals surface area contributed by atoms with Gasteiger partial charge in [-0.3, -0.25) is 10.1 Å². The van der Waals surface area contributed by atoms with Crippen molar-refractivity contribution in [2.24, 2.45) is 0 Å². The molecule has 0 radical (unpaired) electrons. The molecule has 1 aromatic heterocycles. The molecule has 0 fully saturated rings. The summed E-state index contributed by atoms with van der Waals surface area (Å²) in [5, 5.41) is 4.75. The first-order chi connectivity index (χ1) is 15.9. The summed E-state index contributed by atoms with van der Waals surface area (Å²) >= 11 is 48.0. The van der Waals surface area contributed by atoms with Gasteiger partial charge in [0.05, 0.1) is 25.7 Å². The Bertz CT molecular complexity index is 1240. The van der Waals surface area contributed by atoms with Crippen molar-refractivity contribution >= 4 is 110 Å². The summed E-state index contributed by atoms with van der Waals surface area (Å²) in [6, 6.07) is 7.63. The van der Waals surface area contributed by atoms with Crippen LogP contribution in [0.3, 0.4) is 0 Å². The summed E-state index contributed by atoms with van der Waals surface area (Å²) in [6.45, 7) is 0. The fourth-order valence-electron chi connectivity index (χ4n) is 2.52. The molecule has 2 N–H and O–H groups in total. The number of carbonyl (C=O) groups is 2. The molecular weight excluding hydrogens is 614 g/mol. The molecule has 14 heteroatoms. The smallest absolute Gasteiger partial charge is 0.326 e. The largest absolute Gasteiger partial charge is 0.434 e. The zero-order chi connectivity index (χ0) is 25.2. The van der Waals surface area contributed by atoms with Gasteiger partial charge in [0.1, 0.15) is 5.02 Å². The summed E-state index contributed by atoms with van der Waals surface area (Å²) in [7, 11) is 0. The lowest BCUT2D eigenvalue weighted by molar-refractivity contribution is 0.0967. The molecule has 0 saturated carbocycles. The number of halogens is 8. The summed E-state index contributed by atoms with van der Waals surface area (Å²) < 4.78 is 3.87. The van der Waals surface area contributed by atoms with E-state index in [4.69, 9.17) is 97.5 Å². The number of alkyl halides is 3. The van der Waals surface area contributed by atoms with E-state index in [-0.39, 0.29) is 53.6 Å². The Morgan fingerprint density at radius 2 is 1.44 bits per heavy atom. The number of pyridine rings is 1. The quantitative estimate of drug-likeness (QED) is 0.285. The van der Waals surface area contributed by atoms with Crippen LogP contribution in [0.4, 0.5) is 10.5 Å². The lowest BCUT2D eigenvalue weighted by atomic mass is 10.2. The molecule has 2 aromatic carbocycles. The van der Waals surface area contributed by atoms with Gasteiger partial charge in [-0.25, -0.2) is 9.78 Å². The monoisotopic (exact) mass is 619 g/mol. The van der Waals surface area contributed by atoms with Gasteiger partial charge < -0.3 is 10.1 Å². The number of nitrogens with zero attached hydrogens (tertiary/aromatic N) is 1. The predicted molar refractivity (Wildman–Crippen MR) is 138 cm³/mol. The van der Waals surface area contributed by atoms with Crippen LogP contribution in [-0.2, 0) is 3.79 Å². The molecular formula is C20H9Cl8N3O3. The summed E-state index contributed by atoms with van der Waals surface area (Å²) in [5.74, 6) is -0.849. The third-order valence-corrected chi connectivity index (χ3v) is 6.12. The van der Waals surface area contributed by atoms with Gasteiger partial charge in [0.25, 0.3) is 5.91 Å². The fraction of sp³-hybridized carbons (Fsp3) is 0.0500. The molecule has 3 aromatic rings. The van der Waals surface area contributed by atoms with Gasteiger partial charge in [-0.1, -0.05) is 98.9 Å². The second-order valence-corrected chi connectivity index (χ2v) is 10.7. The number of ether oxygens (including phenoxy) is 1. The highest BCUT2D eigenvalue weighted by Gasteiger charge is 2.25. The van der Waals surface area contributed by atoms with E-state index in [1.165, 1.54) is 36.5 Å². The third-order valence-electron chi connectivity index (χ3n) is 4.01. The molecule has 0 spiro atoms. The van der Waals surface area contributed by atoms with Crippen LogP contribution in [0.5, 0.6) is 11.6 Å². The number of benzene rings is 2. The maximum Gasteiger partial charge on any atom is 0.326 e. The number of urea groups is 1. The van der Waals surface area contributed by atoms with E-state index in [1.54, 1.807) is 6.07 Å². The normalized spacial score (nSPS) is 11.2. The Hall–Kier alpha value is -1.35. The molecule has 3 rings (SSSR count). The molecule has 0 aliphatic rings. The van der Waals surface area contributed by atoms with Gasteiger partial charge >= 0.3 is 6.03 Å². The van der Waals surface area contributed by atoms with Crippen molar-refractivity contribution in [3.63, 3.8) is 0 Å². The first-order valence-electron chi connectivity index (χ1n) is 8.82. The lowest BCUT2D eigenvalue weighted by Crippen LogP contribution is -2.34. The van der Waals surface area contributed by atoms with Crippen LogP contribution in [0.2, 0.25) is 25.1 Å². The van der Waals surface area contributed by atoms with Gasteiger partial charge in [0.15, 0.2) is 5.75 Å². The molecule has 0 unspecified atom stereocenters. The first-order valence-corrected chi connectivity index (χ1v) is 11.8. The lowest BCUT2D eigenvalue weighted by Gasteiger charge is -2.15.